The smallest absolute Gasteiger partial charge is 0.167 e. The van der Waals surface area contributed by atoms with Crippen molar-refractivity contribution in [3.05, 3.63) is 23.8 Å². The number of methoxy groups -OCH3 is 1. The monoisotopic (exact) mass is 245 g/mol. The Kier molecular flexibility index (Phi) is 5.15. The van der Waals surface area contributed by atoms with E-state index in [1.54, 1.807) is 11.9 Å². The zero-order valence-corrected chi connectivity index (χ0v) is 10.0. The number of nitrogens with zero attached hydrogens (tertiary/aromatic N) is 1. The molecule has 1 rings (SSSR count). The van der Waals surface area contributed by atoms with Crippen molar-refractivity contribution in [2.75, 3.05) is 32.2 Å². The van der Waals surface area contributed by atoms with E-state index in [0.717, 1.165) is 18.6 Å². The molecular weight excluding hydrogens is 228 g/mol. The lowest BCUT2D eigenvalue weighted by atomic mass is 10.2. The van der Waals surface area contributed by atoms with Crippen LogP contribution >= 0.6 is 0 Å². The summed E-state index contributed by atoms with van der Waals surface area (Å²) in [4.78, 5) is 1.62. The van der Waals surface area contributed by atoms with Gasteiger partial charge in [0.15, 0.2) is 11.6 Å². The van der Waals surface area contributed by atoms with Crippen molar-refractivity contribution < 1.29 is 18.6 Å². The van der Waals surface area contributed by atoms with Crippen molar-refractivity contribution in [3.8, 4) is 5.75 Å². The summed E-state index contributed by atoms with van der Waals surface area (Å²) >= 11 is 0. The van der Waals surface area contributed by atoms with Gasteiger partial charge in [-0.25, -0.2) is 8.78 Å². The second-order valence-electron chi connectivity index (χ2n) is 3.79. The maximum absolute atomic E-state index is 13.6. The van der Waals surface area contributed by atoms with Crippen LogP contribution in [0.2, 0.25) is 0 Å². The molecule has 0 aromatic heterocycles. The van der Waals surface area contributed by atoms with Crippen LogP contribution in [0.15, 0.2) is 12.1 Å². The molecule has 0 aliphatic carbocycles. The lowest BCUT2D eigenvalue weighted by Crippen LogP contribution is -2.20. The van der Waals surface area contributed by atoms with Gasteiger partial charge in [0.1, 0.15) is 5.82 Å². The quantitative estimate of drug-likeness (QED) is 0.780. The van der Waals surface area contributed by atoms with E-state index in [9.17, 15) is 8.78 Å². The third-order valence-electron chi connectivity index (χ3n) is 2.53. The van der Waals surface area contributed by atoms with Gasteiger partial charge in [-0.05, 0) is 12.8 Å². The molecule has 0 unspecified atom stereocenters. The molecule has 0 aliphatic heterocycles. The van der Waals surface area contributed by atoms with Crippen LogP contribution in [0.4, 0.5) is 14.5 Å². The summed E-state index contributed by atoms with van der Waals surface area (Å²) in [5, 5.41) is 8.65. The number of aliphatic hydroxyl groups excluding tert-OH is 1. The van der Waals surface area contributed by atoms with Gasteiger partial charge < -0.3 is 14.7 Å². The van der Waals surface area contributed by atoms with Crippen LogP contribution in [-0.4, -0.2) is 32.4 Å². The summed E-state index contributed by atoms with van der Waals surface area (Å²) < 4.78 is 31.8. The Morgan fingerprint density at radius 1 is 1.24 bits per heavy atom. The third-order valence-corrected chi connectivity index (χ3v) is 2.53. The van der Waals surface area contributed by atoms with Gasteiger partial charge in [0.25, 0.3) is 0 Å². The molecule has 3 nitrogen and oxygen atoms in total. The molecule has 1 aromatic rings. The first-order valence-electron chi connectivity index (χ1n) is 5.45. The molecule has 1 N–H and O–H groups in total. The van der Waals surface area contributed by atoms with Crippen molar-refractivity contribution in [2.45, 2.75) is 12.8 Å². The molecule has 17 heavy (non-hydrogen) atoms. The van der Waals surface area contributed by atoms with Gasteiger partial charge in [-0.2, -0.15) is 0 Å². The van der Waals surface area contributed by atoms with Gasteiger partial charge in [0.05, 0.1) is 12.8 Å². The minimum absolute atomic E-state index is 0.102. The summed E-state index contributed by atoms with van der Waals surface area (Å²) in [6.45, 7) is 0.663. The molecule has 0 heterocycles. The molecular formula is C12H17F2NO2. The highest BCUT2D eigenvalue weighted by Gasteiger charge is 2.13. The van der Waals surface area contributed by atoms with Crippen molar-refractivity contribution in [2.24, 2.45) is 0 Å². The van der Waals surface area contributed by atoms with Gasteiger partial charge in [-0.15, -0.1) is 0 Å². The van der Waals surface area contributed by atoms with E-state index in [1.807, 2.05) is 0 Å². The lowest BCUT2D eigenvalue weighted by molar-refractivity contribution is 0.285. The van der Waals surface area contributed by atoms with Crippen LogP contribution in [0.1, 0.15) is 12.8 Å². The zero-order valence-electron chi connectivity index (χ0n) is 10.0. The highest BCUT2D eigenvalue weighted by atomic mass is 19.1. The summed E-state index contributed by atoms with van der Waals surface area (Å²) in [6.07, 6.45) is 1.37. The first kappa shape index (κ1) is 13.7. The number of benzene rings is 1. The fourth-order valence-corrected chi connectivity index (χ4v) is 1.55. The number of ether oxygens (including phenoxy) is 1. The Morgan fingerprint density at radius 3 is 2.53 bits per heavy atom. The van der Waals surface area contributed by atoms with E-state index in [2.05, 4.69) is 0 Å². The highest BCUT2D eigenvalue weighted by molar-refractivity contribution is 5.50. The molecule has 0 saturated carbocycles. The number of aliphatic hydroxyl groups is 1. The number of rotatable bonds is 6. The Hall–Kier alpha value is -1.36. The van der Waals surface area contributed by atoms with Gasteiger partial charge >= 0.3 is 0 Å². The van der Waals surface area contributed by atoms with E-state index in [1.165, 1.54) is 7.11 Å². The summed E-state index contributed by atoms with van der Waals surface area (Å²) in [7, 11) is 2.98. The Bertz CT molecular complexity index is 372. The van der Waals surface area contributed by atoms with E-state index in [4.69, 9.17) is 9.84 Å². The highest BCUT2D eigenvalue weighted by Crippen LogP contribution is 2.26. The molecule has 0 spiro atoms. The normalized spacial score (nSPS) is 10.4. The predicted molar refractivity (Wildman–Crippen MR) is 62.5 cm³/mol. The SMILES string of the molecule is COc1cc(F)c(N(C)CCCCO)cc1F. The van der Waals surface area contributed by atoms with Crippen LogP contribution in [0.25, 0.3) is 0 Å². The van der Waals surface area contributed by atoms with Crippen LogP contribution in [0.3, 0.4) is 0 Å². The number of hydrogen-bond donors (Lipinski definition) is 1. The molecule has 96 valence electrons. The van der Waals surface area contributed by atoms with Crippen molar-refractivity contribution in [3.63, 3.8) is 0 Å². The van der Waals surface area contributed by atoms with Gasteiger partial charge in [-0.1, -0.05) is 0 Å². The van der Waals surface area contributed by atoms with Gasteiger partial charge in [0.2, 0.25) is 0 Å². The Balaban J connectivity index is 2.79. The average molecular weight is 245 g/mol. The maximum Gasteiger partial charge on any atom is 0.167 e. The van der Waals surface area contributed by atoms with Gasteiger partial charge in [0, 0.05) is 32.3 Å². The van der Waals surface area contributed by atoms with Crippen molar-refractivity contribution >= 4 is 5.69 Å². The molecule has 0 atom stereocenters. The number of unbranched alkanes of at least 4 members (excludes halogenated alkanes) is 1. The van der Waals surface area contributed by atoms with E-state index >= 15 is 0 Å². The molecule has 0 saturated heterocycles. The third kappa shape index (κ3) is 3.56. The predicted octanol–water partition coefficient (Wildman–Crippen LogP) is 2.18. The molecule has 0 aliphatic rings. The van der Waals surface area contributed by atoms with Crippen LogP contribution in [-0.2, 0) is 0 Å². The maximum atomic E-state index is 13.6. The topological polar surface area (TPSA) is 32.7 Å². The lowest BCUT2D eigenvalue weighted by Gasteiger charge is -2.20. The standard InChI is InChI=1S/C12H17F2NO2/c1-15(5-3-4-6-16)11-7-10(14)12(17-2)8-9(11)13/h7-8,16H,3-6H2,1-2H3. The van der Waals surface area contributed by atoms with Crippen LogP contribution < -0.4 is 9.64 Å². The molecule has 0 bridgehead atoms. The second-order valence-corrected chi connectivity index (χ2v) is 3.79. The van der Waals surface area contributed by atoms with Crippen molar-refractivity contribution in [1.29, 1.82) is 0 Å². The molecule has 0 amide bonds. The summed E-state index contributed by atoms with van der Waals surface area (Å²) in [5.41, 5.74) is 0.196. The fraction of sp³-hybridized carbons (Fsp3) is 0.500. The van der Waals surface area contributed by atoms with Crippen LogP contribution in [0, 0.1) is 11.6 Å². The summed E-state index contributed by atoms with van der Waals surface area (Å²) in [6, 6.07) is 2.15. The number of anilines is 1. The van der Waals surface area contributed by atoms with E-state index < -0.39 is 11.6 Å². The Labute approximate surface area is 99.6 Å². The average Bonchev–Trinajstić information content (AvgIpc) is 2.31. The summed E-state index contributed by atoms with van der Waals surface area (Å²) in [5.74, 6) is -1.21. The van der Waals surface area contributed by atoms with E-state index in [0.29, 0.717) is 13.0 Å². The number of halogens is 2. The minimum atomic E-state index is -0.585. The first-order chi connectivity index (χ1) is 8.10. The van der Waals surface area contributed by atoms with Crippen molar-refractivity contribution in [1.82, 2.24) is 0 Å². The molecule has 0 radical (unpaired) electrons. The first-order valence-corrected chi connectivity index (χ1v) is 5.45. The van der Waals surface area contributed by atoms with Gasteiger partial charge in [-0.3, -0.25) is 0 Å². The largest absolute Gasteiger partial charge is 0.494 e. The molecule has 5 heteroatoms. The second kappa shape index (κ2) is 6.39. The fourth-order valence-electron chi connectivity index (χ4n) is 1.55. The Morgan fingerprint density at radius 2 is 1.94 bits per heavy atom. The van der Waals surface area contributed by atoms with Crippen LogP contribution in [0.5, 0.6) is 5.75 Å². The minimum Gasteiger partial charge on any atom is -0.494 e. The number of hydrogen-bond acceptors (Lipinski definition) is 3. The van der Waals surface area contributed by atoms with E-state index in [-0.39, 0.29) is 18.0 Å². The zero-order chi connectivity index (χ0) is 12.8. The molecule has 1 aromatic carbocycles. The molecule has 0 fully saturated rings.